The molecule has 0 radical (unpaired) electrons. The molecule has 0 spiro atoms. The lowest BCUT2D eigenvalue weighted by atomic mass is 9.47. The summed E-state index contributed by atoms with van der Waals surface area (Å²) in [7, 11) is -1.75. The second-order valence-electron chi connectivity index (χ2n) is 18.1. The zero-order chi connectivity index (χ0) is 32.2. The largest absolute Gasteiger partial charge is 0.414 e. The summed E-state index contributed by atoms with van der Waals surface area (Å²) in [5.41, 5.74) is 5.45. The van der Waals surface area contributed by atoms with Gasteiger partial charge < -0.3 is 4.43 Å². The second-order valence-corrected chi connectivity index (χ2v) is 22.8. The summed E-state index contributed by atoms with van der Waals surface area (Å²) in [6.45, 7) is 22.2. The van der Waals surface area contributed by atoms with E-state index in [9.17, 15) is 0 Å². The molecule has 0 unspecified atom stereocenters. The van der Waals surface area contributed by atoms with Gasteiger partial charge in [0, 0.05) is 6.10 Å². The minimum Gasteiger partial charge on any atom is -0.414 e. The molecular formula is C44H56OSi. The van der Waals surface area contributed by atoms with Crippen LogP contribution in [0.2, 0.25) is 18.1 Å². The summed E-state index contributed by atoms with van der Waals surface area (Å²) in [5.74, 6) is 3.12. The van der Waals surface area contributed by atoms with Crippen molar-refractivity contribution in [3.05, 3.63) is 84.0 Å². The molecule has 0 N–H and O–H groups in total. The van der Waals surface area contributed by atoms with Gasteiger partial charge in [-0.1, -0.05) is 113 Å². The van der Waals surface area contributed by atoms with Gasteiger partial charge in [0.1, 0.15) is 0 Å². The minimum atomic E-state index is -1.75. The third-order valence-electron chi connectivity index (χ3n) is 14.9. The van der Waals surface area contributed by atoms with Gasteiger partial charge in [0.05, 0.1) is 0 Å². The van der Waals surface area contributed by atoms with Gasteiger partial charge in [-0.05, 0) is 148 Å². The van der Waals surface area contributed by atoms with Gasteiger partial charge in [-0.25, -0.2) is 0 Å². The van der Waals surface area contributed by atoms with E-state index in [2.05, 4.69) is 108 Å². The van der Waals surface area contributed by atoms with Gasteiger partial charge >= 0.3 is 0 Å². The molecule has 0 bridgehead atoms. The average Bonchev–Trinajstić information content (AvgIpc) is 3.37. The number of benzene rings is 4. The molecule has 46 heavy (non-hydrogen) atoms. The Morgan fingerprint density at radius 1 is 0.848 bits per heavy atom. The van der Waals surface area contributed by atoms with Crippen molar-refractivity contribution in [2.45, 2.75) is 117 Å². The molecule has 3 fully saturated rings. The molecule has 7 atom stereocenters. The van der Waals surface area contributed by atoms with E-state index in [1.54, 1.807) is 5.57 Å². The first-order valence-corrected chi connectivity index (χ1v) is 21.4. The number of fused-ring (bicyclic) bond motifs is 5. The Kier molecular flexibility index (Phi) is 7.07. The first-order chi connectivity index (χ1) is 21.8. The van der Waals surface area contributed by atoms with Crippen LogP contribution in [0.5, 0.6) is 0 Å². The van der Waals surface area contributed by atoms with E-state index in [4.69, 9.17) is 11.0 Å². The SMILES string of the molecule is C=C(Cc1ccc2ccc3cccc4ccc1c2c34)[C@H]1CC[C@H]2[C@@H]3CC=C4C[C@@H](O[Si](C)(C)C(C)(C)C)CC[C@]4(C)[C@H]3CC[C@]12C. The lowest BCUT2D eigenvalue weighted by Gasteiger charge is -2.58. The Bertz CT molecular complexity index is 1840. The fourth-order valence-electron chi connectivity index (χ4n) is 11.3. The number of hydrogen-bond acceptors (Lipinski definition) is 1. The molecule has 4 aliphatic rings. The van der Waals surface area contributed by atoms with E-state index in [1.165, 1.54) is 94.8 Å². The van der Waals surface area contributed by atoms with Crippen LogP contribution < -0.4 is 0 Å². The summed E-state index contributed by atoms with van der Waals surface area (Å²) in [6, 6.07) is 20.8. The molecule has 0 aromatic heterocycles. The van der Waals surface area contributed by atoms with Crippen molar-refractivity contribution >= 4 is 40.6 Å². The molecule has 0 saturated heterocycles. The topological polar surface area (TPSA) is 9.23 Å². The van der Waals surface area contributed by atoms with Crippen LogP contribution in [-0.4, -0.2) is 14.4 Å². The molecule has 0 aliphatic heterocycles. The third-order valence-corrected chi connectivity index (χ3v) is 19.4. The normalized spacial score (nSPS) is 33.2. The average molecular weight is 629 g/mol. The van der Waals surface area contributed by atoms with Crippen LogP contribution in [0.1, 0.15) is 91.5 Å². The highest BCUT2D eigenvalue weighted by molar-refractivity contribution is 6.74. The standard InChI is InChI=1S/C44H56OSi/c1-28(26-32-15-14-31-13-12-29-10-9-11-30-16-18-35(32)41(31)40(29)30)37-20-21-38-36-19-17-33-27-34(45-46(7,8)42(2,3)4)22-24-43(33,5)39(36)23-25-44(37,38)6/h9-18,34,36-39H,1,19-27H2,2-8H3/t34-,36-,37+,38-,39-,43-,44+/m0/s1. The molecule has 4 aromatic carbocycles. The molecular weight excluding hydrogens is 573 g/mol. The fraction of sp³-hybridized carbons (Fsp3) is 0.545. The van der Waals surface area contributed by atoms with Crippen molar-refractivity contribution in [3.63, 3.8) is 0 Å². The maximum absolute atomic E-state index is 7.00. The van der Waals surface area contributed by atoms with Crippen LogP contribution in [0.15, 0.2) is 78.4 Å². The van der Waals surface area contributed by atoms with Crippen molar-refractivity contribution in [2.24, 2.45) is 34.5 Å². The van der Waals surface area contributed by atoms with Crippen molar-refractivity contribution in [2.75, 3.05) is 0 Å². The van der Waals surface area contributed by atoms with Gasteiger partial charge in [0.15, 0.2) is 8.32 Å². The van der Waals surface area contributed by atoms with E-state index in [0.717, 1.165) is 24.2 Å². The fourth-order valence-corrected chi connectivity index (χ4v) is 12.7. The maximum Gasteiger partial charge on any atom is 0.192 e. The molecule has 4 aromatic rings. The highest BCUT2D eigenvalue weighted by Gasteiger charge is 2.59. The Morgan fingerprint density at radius 3 is 2.28 bits per heavy atom. The summed E-state index contributed by atoms with van der Waals surface area (Å²) >= 11 is 0. The van der Waals surface area contributed by atoms with Crippen molar-refractivity contribution in [1.82, 2.24) is 0 Å². The van der Waals surface area contributed by atoms with Crippen LogP contribution in [0.3, 0.4) is 0 Å². The maximum atomic E-state index is 7.00. The molecule has 8 rings (SSSR count). The highest BCUT2D eigenvalue weighted by atomic mass is 28.4. The van der Waals surface area contributed by atoms with Crippen LogP contribution >= 0.6 is 0 Å². The predicted molar refractivity (Wildman–Crippen MR) is 200 cm³/mol. The summed E-state index contributed by atoms with van der Waals surface area (Å²) < 4.78 is 7.00. The first-order valence-electron chi connectivity index (χ1n) is 18.5. The third kappa shape index (κ3) is 4.56. The molecule has 2 heteroatoms. The van der Waals surface area contributed by atoms with Crippen LogP contribution in [0.4, 0.5) is 0 Å². The van der Waals surface area contributed by atoms with E-state index in [1.807, 2.05) is 0 Å². The number of rotatable bonds is 5. The second kappa shape index (κ2) is 10.5. The lowest BCUT2D eigenvalue weighted by molar-refractivity contribution is -0.0445. The van der Waals surface area contributed by atoms with Crippen LogP contribution in [0, 0.1) is 34.5 Å². The van der Waals surface area contributed by atoms with Gasteiger partial charge in [-0.15, -0.1) is 0 Å². The zero-order valence-electron chi connectivity index (χ0n) is 29.6. The minimum absolute atomic E-state index is 0.274. The molecule has 1 nitrogen and oxygen atoms in total. The van der Waals surface area contributed by atoms with Gasteiger partial charge in [0.25, 0.3) is 0 Å². The van der Waals surface area contributed by atoms with Gasteiger partial charge in [-0.2, -0.15) is 0 Å². The van der Waals surface area contributed by atoms with Gasteiger partial charge in [0.2, 0.25) is 0 Å². The predicted octanol–water partition coefficient (Wildman–Crippen LogP) is 12.7. The van der Waals surface area contributed by atoms with Gasteiger partial charge in [-0.3, -0.25) is 0 Å². The van der Waals surface area contributed by atoms with E-state index >= 15 is 0 Å². The molecule has 0 heterocycles. The number of allylic oxidation sites excluding steroid dienone is 2. The summed E-state index contributed by atoms with van der Waals surface area (Å²) in [6.07, 6.45) is 14.6. The Balaban J connectivity index is 1.02. The van der Waals surface area contributed by atoms with Crippen molar-refractivity contribution in [3.8, 4) is 0 Å². The molecule has 242 valence electrons. The number of hydrogen-bond donors (Lipinski definition) is 0. The van der Waals surface area contributed by atoms with E-state index in [-0.39, 0.29) is 5.04 Å². The monoisotopic (exact) mass is 628 g/mol. The van der Waals surface area contributed by atoms with Crippen LogP contribution in [0.25, 0.3) is 32.3 Å². The van der Waals surface area contributed by atoms with Crippen LogP contribution in [-0.2, 0) is 10.8 Å². The quantitative estimate of drug-likeness (QED) is 0.121. The lowest BCUT2D eigenvalue weighted by Crippen LogP contribution is -2.52. The summed E-state index contributed by atoms with van der Waals surface area (Å²) in [4.78, 5) is 0. The Morgan fingerprint density at radius 2 is 1.54 bits per heavy atom. The highest BCUT2D eigenvalue weighted by Crippen LogP contribution is 2.67. The Labute approximate surface area is 279 Å². The molecule has 3 saturated carbocycles. The van der Waals surface area contributed by atoms with E-state index < -0.39 is 8.32 Å². The van der Waals surface area contributed by atoms with Crippen molar-refractivity contribution in [1.29, 1.82) is 0 Å². The smallest absolute Gasteiger partial charge is 0.192 e. The first kappa shape index (κ1) is 30.9. The summed E-state index contributed by atoms with van der Waals surface area (Å²) in [5, 5.41) is 8.63. The molecule has 0 amide bonds. The zero-order valence-corrected chi connectivity index (χ0v) is 30.6. The molecule has 4 aliphatic carbocycles. The Hall–Kier alpha value is -2.42. The van der Waals surface area contributed by atoms with Crippen molar-refractivity contribution < 1.29 is 4.43 Å². The van der Waals surface area contributed by atoms with E-state index in [0.29, 0.717) is 22.9 Å².